The fraction of sp³-hybridized carbons (Fsp3) is 0.323. The molecule has 0 spiro atoms. The fourth-order valence-corrected chi connectivity index (χ4v) is 7.14. The van der Waals surface area contributed by atoms with Crippen LogP contribution in [0.2, 0.25) is 19.6 Å². The molecule has 2 nitrogen and oxygen atoms in total. The van der Waals surface area contributed by atoms with E-state index in [9.17, 15) is 0 Å². The molecule has 0 bridgehead atoms. The first-order chi connectivity index (χ1) is 16.1. The molecule has 3 aromatic carbocycles. The van der Waals surface area contributed by atoms with E-state index < -0.39 is 8.07 Å². The highest BCUT2D eigenvalue weighted by atomic mass is 28.3. The second kappa shape index (κ2) is 7.05. The maximum absolute atomic E-state index is 2.61. The Morgan fingerprint density at radius 3 is 2.35 bits per heavy atom. The van der Waals surface area contributed by atoms with Gasteiger partial charge in [-0.1, -0.05) is 56.9 Å². The maximum atomic E-state index is 2.61. The smallest absolute Gasteiger partial charge is 0.224 e. The summed E-state index contributed by atoms with van der Waals surface area (Å²) < 4.78 is 4.95. The third-order valence-corrected chi connectivity index (χ3v) is 9.86. The van der Waals surface area contributed by atoms with Gasteiger partial charge in [0, 0.05) is 16.8 Å². The van der Waals surface area contributed by atoms with E-state index in [0.29, 0.717) is 5.92 Å². The molecule has 0 N–H and O–H groups in total. The Balaban J connectivity index is 1.98. The van der Waals surface area contributed by atoms with Gasteiger partial charge in [-0.3, -0.25) is 0 Å². The average molecular weight is 464 g/mol. The molecule has 6 rings (SSSR count). The van der Waals surface area contributed by atoms with E-state index >= 15 is 0 Å². The van der Waals surface area contributed by atoms with Crippen LogP contribution in [0.1, 0.15) is 30.5 Å². The Morgan fingerprint density at radius 2 is 1.65 bits per heavy atom. The lowest BCUT2D eigenvalue weighted by Crippen LogP contribution is -2.38. The zero-order valence-electron chi connectivity index (χ0n) is 21.8. The van der Waals surface area contributed by atoms with Crippen LogP contribution in [0, 0.1) is 19.8 Å². The summed E-state index contributed by atoms with van der Waals surface area (Å²) in [4.78, 5) is 0. The van der Waals surface area contributed by atoms with Gasteiger partial charge in [-0.2, -0.15) is 0 Å². The van der Waals surface area contributed by atoms with Gasteiger partial charge < -0.3 is 4.40 Å². The van der Waals surface area contributed by atoms with Crippen molar-refractivity contribution < 1.29 is 4.57 Å². The first-order valence-electron chi connectivity index (χ1n) is 12.6. The summed E-state index contributed by atoms with van der Waals surface area (Å²) in [6.45, 7) is 16.6. The van der Waals surface area contributed by atoms with E-state index in [0.717, 1.165) is 6.42 Å². The second-order valence-corrected chi connectivity index (χ2v) is 16.9. The van der Waals surface area contributed by atoms with E-state index in [2.05, 4.69) is 112 Å². The molecule has 34 heavy (non-hydrogen) atoms. The summed E-state index contributed by atoms with van der Waals surface area (Å²) in [7, 11) is 0.706. The van der Waals surface area contributed by atoms with Crippen LogP contribution in [0.5, 0.6) is 0 Å². The predicted molar refractivity (Wildman–Crippen MR) is 151 cm³/mol. The minimum Gasteiger partial charge on any atom is -0.307 e. The van der Waals surface area contributed by atoms with Crippen molar-refractivity contribution in [3.8, 4) is 0 Å². The largest absolute Gasteiger partial charge is 0.307 e. The van der Waals surface area contributed by atoms with Gasteiger partial charge >= 0.3 is 0 Å². The number of aromatic nitrogens is 2. The van der Waals surface area contributed by atoms with Gasteiger partial charge in [-0.05, 0) is 66.5 Å². The number of fused-ring (bicyclic) bond motifs is 5. The minimum atomic E-state index is -1.50. The highest BCUT2D eigenvalue weighted by molar-refractivity contribution is 6.89. The minimum absolute atomic E-state index is 0.643. The van der Waals surface area contributed by atoms with E-state index in [4.69, 9.17) is 0 Å². The molecule has 0 aliphatic heterocycles. The lowest BCUT2D eigenvalue weighted by atomic mass is 9.96. The number of hydrogen-bond acceptors (Lipinski definition) is 0. The van der Waals surface area contributed by atoms with Crippen LogP contribution in [0.3, 0.4) is 0 Å². The summed E-state index contributed by atoms with van der Waals surface area (Å²) in [5, 5.41) is 8.43. The summed E-state index contributed by atoms with van der Waals surface area (Å²) in [6, 6.07) is 16.9. The molecule has 3 heterocycles. The molecule has 0 amide bonds. The lowest BCUT2D eigenvalue weighted by Gasteiger charge is -2.20. The lowest BCUT2D eigenvalue weighted by molar-refractivity contribution is -0.643. The summed E-state index contributed by atoms with van der Waals surface area (Å²) in [5.74, 6) is 0.643. The first-order valence-corrected chi connectivity index (χ1v) is 16.1. The van der Waals surface area contributed by atoms with Crippen LogP contribution < -0.4 is 9.75 Å². The van der Waals surface area contributed by atoms with Crippen LogP contribution >= 0.6 is 0 Å². The third-order valence-electron chi connectivity index (χ3n) is 7.84. The van der Waals surface area contributed by atoms with Gasteiger partial charge in [-0.15, -0.1) is 0 Å². The van der Waals surface area contributed by atoms with E-state index in [1.165, 1.54) is 70.9 Å². The first kappa shape index (κ1) is 21.6. The number of rotatable bonds is 3. The Kier molecular flexibility index (Phi) is 4.48. The standard InChI is InChI=1S/C31H35N2Si/c1-18(2)13-21-9-10-24-25-14-19(3)20(4)28-30(25)33(26(24)15-21)27-17-23(34(6,7)8)16-22-11-12-32(5)31(28)29(22)27/h9-12,14-18H,13H2,1-8H3/q+1. The molecule has 0 aliphatic rings. The molecule has 0 saturated heterocycles. The summed E-state index contributed by atoms with van der Waals surface area (Å²) in [6.07, 6.45) is 3.36. The maximum Gasteiger partial charge on any atom is 0.224 e. The Bertz CT molecular complexity index is 1760. The number of benzene rings is 3. The van der Waals surface area contributed by atoms with Crippen LogP contribution in [0.25, 0.3) is 49.0 Å². The fourth-order valence-electron chi connectivity index (χ4n) is 5.98. The molecule has 3 heteroatoms. The van der Waals surface area contributed by atoms with Gasteiger partial charge in [0.1, 0.15) is 7.05 Å². The topological polar surface area (TPSA) is 8.29 Å². The Morgan fingerprint density at radius 1 is 0.882 bits per heavy atom. The monoisotopic (exact) mass is 463 g/mol. The number of pyridine rings is 2. The van der Waals surface area contributed by atoms with Gasteiger partial charge in [0.15, 0.2) is 6.20 Å². The van der Waals surface area contributed by atoms with Crippen molar-refractivity contribution in [3.05, 3.63) is 65.4 Å². The van der Waals surface area contributed by atoms with Crippen molar-refractivity contribution in [1.82, 2.24) is 4.40 Å². The molecular weight excluding hydrogens is 428 g/mol. The zero-order valence-corrected chi connectivity index (χ0v) is 22.8. The SMILES string of the molecule is Cc1cc2c3ccc(CC(C)C)cc3n3c4cc([Si](C)(C)C)cc5cc[n+](C)c(c(c1C)c23)c54. The average Bonchev–Trinajstić information content (AvgIpc) is 3.07. The highest BCUT2D eigenvalue weighted by Crippen LogP contribution is 2.41. The molecule has 0 saturated carbocycles. The normalized spacial score (nSPS) is 13.1. The van der Waals surface area contributed by atoms with Gasteiger partial charge in [0.05, 0.1) is 35.4 Å². The van der Waals surface area contributed by atoms with Crippen LogP contribution in [-0.2, 0) is 13.5 Å². The van der Waals surface area contributed by atoms with Crippen molar-refractivity contribution in [2.45, 2.75) is 53.8 Å². The third kappa shape index (κ3) is 2.89. The Hall–Kier alpha value is -2.91. The zero-order chi connectivity index (χ0) is 24.1. The highest BCUT2D eigenvalue weighted by Gasteiger charge is 2.27. The molecule has 0 atom stereocenters. The number of aryl methyl sites for hydroxylation is 3. The molecule has 0 fully saturated rings. The molecular formula is C31H35N2Si+. The molecule has 172 valence electrons. The van der Waals surface area contributed by atoms with Crippen molar-refractivity contribution in [1.29, 1.82) is 0 Å². The number of nitrogens with zero attached hydrogens (tertiary/aromatic N) is 2. The molecule has 0 radical (unpaired) electrons. The van der Waals surface area contributed by atoms with E-state index in [-0.39, 0.29) is 0 Å². The van der Waals surface area contributed by atoms with E-state index in [1.807, 2.05) is 0 Å². The molecule has 6 aromatic rings. The molecule has 0 unspecified atom stereocenters. The Labute approximate surface area is 203 Å². The quantitative estimate of drug-likeness (QED) is 0.114. The van der Waals surface area contributed by atoms with Crippen molar-refractivity contribution in [3.63, 3.8) is 0 Å². The van der Waals surface area contributed by atoms with Crippen molar-refractivity contribution in [2.75, 3.05) is 0 Å². The predicted octanol–water partition coefficient (Wildman–Crippen LogP) is 7.17. The van der Waals surface area contributed by atoms with Gasteiger partial charge in [0.2, 0.25) is 5.52 Å². The van der Waals surface area contributed by atoms with E-state index in [1.54, 1.807) is 0 Å². The molecule has 0 aliphatic carbocycles. The van der Waals surface area contributed by atoms with Crippen molar-refractivity contribution >= 4 is 62.3 Å². The molecule has 3 aromatic heterocycles. The summed E-state index contributed by atoms with van der Waals surface area (Å²) in [5.41, 5.74) is 9.64. The van der Waals surface area contributed by atoms with Crippen LogP contribution in [0.4, 0.5) is 0 Å². The van der Waals surface area contributed by atoms with Gasteiger partial charge in [0.25, 0.3) is 0 Å². The van der Waals surface area contributed by atoms with Crippen molar-refractivity contribution in [2.24, 2.45) is 13.0 Å². The second-order valence-electron chi connectivity index (χ2n) is 11.9. The van der Waals surface area contributed by atoms with Crippen LogP contribution in [-0.4, -0.2) is 12.5 Å². The van der Waals surface area contributed by atoms with Crippen LogP contribution in [0.15, 0.2) is 48.7 Å². The summed E-state index contributed by atoms with van der Waals surface area (Å²) >= 11 is 0. The number of hydrogen-bond donors (Lipinski definition) is 0. The van der Waals surface area contributed by atoms with Gasteiger partial charge in [-0.25, -0.2) is 4.57 Å².